The van der Waals surface area contributed by atoms with E-state index in [-0.39, 0.29) is 18.1 Å². The van der Waals surface area contributed by atoms with E-state index in [1.165, 1.54) is 4.68 Å². The SMILES string of the molecule is CCN(Cc1ccccc1)C(=O)Cn1nc2n(c1=O)CCCCC2. The number of hydrogen-bond acceptors (Lipinski definition) is 3. The minimum absolute atomic E-state index is 0.0134. The van der Waals surface area contributed by atoms with Crippen molar-refractivity contribution < 1.29 is 4.79 Å². The number of aromatic nitrogens is 3. The maximum Gasteiger partial charge on any atom is 0.346 e. The topological polar surface area (TPSA) is 60.1 Å². The first-order valence-corrected chi connectivity index (χ1v) is 8.67. The first-order chi connectivity index (χ1) is 11.7. The van der Waals surface area contributed by atoms with Crippen LogP contribution in [0.5, 0.6) is 0 Å². The van der Waals surface area contributed by atoms with E-state index in [0.717, 1.165) is 37.1 Å². The summed E-state index contributed by atoms with van der Waals surface area (Å²) < 4.78 is 3.06. The highest BCUT2D eigenvalue weighted by atomic mass is 16.2. The third-order valence-electron chi connectivity index (χ3n) is 4.52. The maximum atomic E-state index is 12.6. The lowest BCUT2D eigenvalue weighted by atomic mass is 10.2. The highest BCUT2D eigenvalue weighted by Crippen LogP contribution is 2.10. The van der Waals surface area contributed by atoms with Crippen molar-refractivity contribution in [3.8, 4) is 0 Å². The summed E-state index contributed by atoms with van der Waals surface area (Å²) >= 11 is 0. The summed E-state index contributed by atoms with van der Waals surface area (Å²) in [7, 11) is 0. The molecule has 1 aromatic carbocycles. The molecule has 0 saturated heterocycles. The number of hydrogen-bond donors (Lipinski definition) is 0. The first kappa shape index (κ1) is 16.5. The highest BCUT2D eigenvalue weighted by Gasteiger charge is 2.19. The molecule has 0 atom stereocenters. The molecule has 0 unspecified atom stereocenters. The number of fused-ring (bicyclic) bond motifs is 1. The number of carbonyl (C=O) groups excluding carboxylic acids is 1. The zero-order chi connectivity index (χ0) is 16.9. The van der Waals surface area contributed by atoms with E-state index < -0.39 is 0 Å². The van der Waals surface area contributed by atoms with E-state index in [1.807, 2.05) is 37.3 Å². The van der Waals surface area contributed by atoms with Crippen molar-refractivity contribution in [2.24, 2.45) is 0 Å². The third-order valence-corrected chi connectivity index (χ3v) is 4.52. The molecule has 6 nitrogen and oxygen atoms in total. The lowest BCUT2D eigenvalue weighted by Crippen LogP contribution is -2.36. The van der Waals surface area contributed by atoms with Gasteiger partial charge in [0.05, 0.1) is 0 Å². The van der Waals surface area contributed by atoms with Crippen molar-refractivity contribution in [3.63, 3.8) is 0 Å². The van der Waals surface area contributed by atoms with Gasteiger partial charge in [-0.3, -0.25) is 9.36 Å². The Hall–Kier alpha value is -2.37. The molecule has 24 heavy (non-hydrogen) atoms. The molecule has 0 N–H and O–H groups in total. The molecule has 1 amide bonds. The molecular weight excluding hydrogens is 304 g/mol. The van der Waals surface area contributed by atoms with Gasteiger partial charge in [-0.15, -0.1) is 0 Å². The maximum absolute atomic E-state index is 12.6. The summed E-state index contributed by atoms with van der Waals surface area (Å²) in [4.78, 5) is 26.8. The Morgan fingerprint density at radius 3 is 2.75 bits per heavy atom. The lowest BCUT2D eigenvalue weighted by molar-refractivity contribution is -0.132. The zero-order valence-electron chi connectivity index (χ0n) is 14.1. The Balaban J connectivity index is 1.73. The molecule has 0 spiro atoms. The number of aryl methyl sites for hydroxylation is 1. The Kier molecular flexibility index (Phi) is 5.13. The predicted molar refractivity (Wildman–Crippen MR) is 91.6 cm³/mol. The van der Waals surface area contributed by atoms with Gasteiger partial charge in [0, 0.05) is 26.1 Å². The molecule has 0 aliphatic carbocycles. The number of amides is 1. The van der Waals surface area contributed by atoms with Crippen LogP contribution in [-0.4, -0.2) is 31.7 Å². The Morgan fingerprint density at radius 1 is 1.21 bits per heavy atom. The Bertz CT molecular complexity index is 748. The van der Waals surface area contributed by atoms with Crippen molar-refractivity contribution in [3.05, 3.63) is 52.2 Å². The third kappa shape index (κ3) is 3.58. The second kappa shape index (κ2) is 7.47. The molecule has 1 aliphatic heterocycles. The van der Waals surface area contributed by atoms with E-state index in [1.54, 1.807) is 9.47 Å². The van der Waals surface area contributed by atoms with Crippen molar-refractivity contribution in [2.75, 3.05) is 6.54 Å². The average Bonchev–Trinajstić information content (AvgIpc) is 2.78. The molecule has 1 aromatic heterocycles. The van der Waals surface area contributed by atoms with Crippen LogP contribution in [0, 0.1) is 0 Å². The van der Waals surface area contributed by atoms with Crippen LogP contribution in [0.2, 0.25) is 0 Å². The molecule has 0 fully saturated rings. The van der Waals surface area contributed by atoms with Gasteiger partial charge in [0.15, 0.2) is 0 Å². The van der Waals surface area contributed by atoms with Crippen LogP contribution in [0.1, 0.15) is 37.6 Å². The molecule has 1 aliphatic rings. The number of nitrogens with zero attached hydrogens (tertiary/aromatic N) is 4. The van der Waals surface area contributed by atoms with Gasteiger partial charge in [-0.1, -0.05) is 36.8 Å². The molecule has 2 aromatic rings. The van der Waals surface area contributed by atoms with E-state index in [0.29, 0.717) is 19.6 Å². The van der Waals surface area contributed by atoms with Crippen molar-refractivity contribution in [1.82, 2.24) is 19.2 Å². The molecule has 0 radical (unpaired) electrons. The van der Waals surface area contributed by atoms with E-state index in [2.05, 4.69) is 5.10 Å². The largest absolute Gasteiger partial charge is 0.346 e. The van der Waals surface area contributed by atoms with Crippen molar-refractivity contribution >= 4 is 5.91 Å². The monoisotopic (exact) mass is 328 g/mol. The summed E-state index contributed by atoms with van der Waals surface area (Å²) in [5.41, 5.74) is 0.927. The van der Waals surface area contributed by atoms with Gasteiger partial charge in [0.1, 0.15) is 12.4 Å². The van der Waals surface area contributed by atoms with E-state index in [9.17, 15) is 9.59 Å². The Morgan fingerprint density at radius 2 is 2.00 bits per heavy atom. The number of benzene rings is 1. The van der Waals surface area contributed by atoms with E-state index in [4.69, 9.17) is 0 Å². The molecule has 0 bridgehead atoms. The molecule has 6 heteroatoms. The second-order valence-electron chi connectivity index (χ2n) is 6.21. The fourth-order valence-electron chi connectivity index (χ4n) is 3.14. The van der Waals surface area contributed by atoms with Gasteiger partial charge in [-0.2, -0.15) is 5.10 Å². The zero-order valence-corrected chi connectivity index (χ0v) is 14.1. The Labute approximate surface area is 141 Å². The van der Waals surface area contributed by atoms with Gasteiger partial charge < -0.3 is 4.90 Å². The minimum atomic E-state index is -0.156. The first-order valence-electron chi connectivity index (χ1n) is 8.67. The van der Waals surface area contributed by atoms with Gasteiger partial charge in [0.25, 0.3) is 0 Å². The molecule has 128 valence electrons. The summed E-state index contributed by atoms with van der Waals surface area (Å²) in [6.07, 6.45) is 4.00. The standard InChI is InChI=1S/C18H24N4O2/c1-2-20(13-15-9-5-3-6-10-15)17(23)14-22-18(24)21-12-8-4-7-11-16(21)19-22/h3,5-6,9-10H,2,4,7-8,11-14H2,1H3. The number of likely N-dealkylation sites (N-methyl/N-ethyl adjacent to an activating group) is 1. The number of carbonyl (C=O) groups is 1. The van der Waals surface area contributed by atoms with Crippen LogP contribution in [0.15, 0.2) is 35.1 Å². The van der Waals surface area contributed by atoms with Crippen molar-refractivity contribution in [1.29, 1.82) is 0 Å². The van der Waals surface area contributed by atoms with Crippen LogP contribution in [0.4, 0.5) is 0 Å². The van der Waals surface area contributed by atoms with Crippen LogP contribution in [0.25, 0.3) is 0 Å². The fourth-order valence-corrected chi connectivity index (χ4v) is 3.14. The molecule has 2 heterocycles. The van der Waals surface area contributed by atoms with Gasteiger partial charge in [0.2, 0.25) is 5.91 Å². The van der Waals surface area contributed by atoms with Crippen LogP contribution in [0.3, 0.4) is 0 Å². The van der Waals surface area contributed by atoms with Crippen LogP contribution < -0.4 is 5.69 Å². The van der Waals surface area contributed by atoms with Crippen LogP contribution in [-0.2, 0) is 30.8 Å². The number of rotatable bonds is 5. The minimum Gasteiger partial charge on any atom is -0.337 e. The van der Waals surface area contributed by atoms with E-state index >= 15 is 0 Å². The summed E-state index contributed by atoms with van der Waals surface area (Å²) in [5, 5.41) is 4.39. The summed E-state index contributed by atoms with van der Waals surface area (Å²) in [6, 6.07) is 9.89. The predicted octanol–water partition coefficient (Wildman–Crippen LogP) is 1.82. The molecular formula is C18H24N4O2. The lowest BCUT2D eigenvalue weighted by Gasteiger charge is -2.20. The fraction of sp³-hybridized carbons (Fsp3) is 0.500. The van der Waals surface area contributed by atoms with Gasteiger partial charge in [-0.25, -0.2) is 9.48 Å². The van der Waals surface area contributed by atoms with Crippen molar-refractivity contribution in [2.45, 2.75) is 52.2 Å². The normalized spacial score (nSPS) is 14.0. The quantitative estimate of drug-likeness (QED) is 0.841. The summed E-state index contributed by atoms with van der Waals surface area (Å²) in [5.74, 6) is 0.744. The smallest absolute Gasteiger partial charge is 0.337 e. The van der Waals surface area contributed by atoms with Gasteiger partial charge in [-0.05, 0) is 25.3 Å². The summed E-state index contributed by atoms with van der Waals surface area (Å²) in [6.45, 7) is 3.84. The molecule has 0 saturated carbocycles. The average molecular weight is 328 g/mol. The van der Waals surface area contributed by atoms with Gasteiger partial charge >= 0.3 is 5.69 Å². The highest BCUT2D eigenvalue weighted by molar-refractivity contribution is 5.75. The molecule has 3 rings (SSSR count). The van der Waals surface area contributed by atoms with Crippen LogP contribution >= 0.6 is 0 Å². The second-order valence-corrected chi connectivity index (χ2v) is 6.21.